The lowest BCUT2D eigenvalue weighted by atomic mass is 9.95. The van der Waals surface area contributed by atoms with Crippen LogP contribution >= 0.6 is 11.6 Å². The number of carbonyl (C=O) groups is 2. The van der Waals surface area contributed by atoms with Gasteiger partial charge in [0, 0.05) is 18.3 Å². The zero-order valence-corrected chi connectivity index (χ0v) is 15.4. The fourth-order valence-electron chi connectivity index (χ4n) is 2.91. The fourth-order valence-corrected chi connectivity index (χ4v) is 3.11. The van der Waals surface area contributed by atoms with E-state index < -0.39 is 0 Å². The molecule has 0 fully saturated rings. The first-order valence-electron chi connectivity index (χ1n) is 8.31. The molecule has 0 radical (unpaired) electrons. The number of nitrogens with one attached hydrogen (secondary N) is 1. The lowest BCUT2D eigenvalue weighted by Crippen LogP contribution is -2.42. The molecule has 0 spiro atoms. The van der Waals surface area contributed by atoms with E-state index in [0.717, 1.165) is 16.9 Å². The molecular formula is C19H20ClN3O3. The van der Waals surface area contributed by atoms with Crippen molar-refractivity contribution in [2.45, 2.75) is 13.3 Å². The van der Waals surface area contributed by atoms with E-state index >= 15 is 0 Å². The number of fused-ring (bicyclic) bond motifs is 1. The van der Waals surface area contributed by atoms with Gasteiger partial charge in [-0.1, -0.05) is 11.6 Å². The van der Waals surface area contributed by atoms with Gasteiger partial charge in [-0.2, -0.15) is 0 Å². The number of halogens is 1. The minimum Gasteiger partial charge on any atom is -0.492 e. The van der Waals surface area contributed by atoms with Crippen LogP contribution in [0.4, 0.5) is 5.82 Å². The number of carbonyl (C=O) groups excluding carboxylic acids is 2. The fraction of sp³-hybridized carbons (Fsp3) is 0.316. The minimum absolute atomic E-state index is 0.0483. The summed E-state index contributed by atoms with van der Waals surface area (Å²) in [5.41, 5.74) is 1.90. The second-order valence-electron chi connectivity index (χ2n) is 6.43. The van der Waals surface area contributed by atoms with E-state index in [1.807, 2.05) is 25.1 Å². The van der Waals surface area contributed by atoms with Crippen LogP contribution in [0.25, 0.3) is 0 Å². The van der Waals surface area contributed by atoms with Crippen molar-refractivity contribution >= 4 is 29.2 Å². The van der Waals surface area contributed by atoms with Crippen molar-refractivity contribution in [3.63, 3.8) is 0 Å². The summed E-state index contributed by atoms with van der Waals surface area (Å²) in [6.07, 6.45) is 2.17. The number of anilines is 1. The Hall–Kier alpha value is -2.60. The number of benzene rings is 1. The van der Waals surface area contributed by atoms with Gasteiger partial charge in [0.2, 0.25) is 11.8 Å². The molecule has 0 saturated heterocycles. The summed E-state index contributed by atoms with van der Waals surface area (Å²) in [5.74, 6) is 0.461. The summed E-state index contributed by atoms with van der Waals surface area (Å²) in [7, 11) is 1.61. The van der Waals surface area contributed by atoms with Crippen molar-refractivity contribution in [3.05, 3.63) is 52.7 Å². The number of rotatable bonds is 4. The summed E-state index contributed by atoms with van der Waals surface area (Å²) in [6, 6.07) is 9.00. The van der Waals surface area contributed by atoms with Gasteiger partial charge in [-0.05, 0) is 54.8 Å². The number of pyridine rings is 1. The van der Waals surface area contributed by atoms with Gasteiger partial charge < -0.3 is 15.0 Å². The molecule has 1 N–H and O–H groups in total. The molecule has 2 aromatic rings. The lowest BCUT2D eigenvalue weighted by molar-refractivity contribution is -0.138. The Morgan fingerprint density at radius 1 is 1.35 bits per heavy atom. The number of aryl methyl sites for hydroxylation is 1. The van der Waals surface area contributed by atoms with Gasteiger partial charge in [0.25, 0.3) is 0 Å². The number of likely N-dealkylation sites (N-methyl/N-ethyl adjacent to an activating group) is 1. The van der Waals surface area contributed by atoms with Crippen molar-refractivity contribution in [1.29, 1.82) is 0 Å². The monoisotopic (exact) mass is 373 g/mol. The van der Waals surface area contributed by atoms with Crippen LogP contribution in [0.15, 0.2) is 36.5 Å². The Bertz CT molecular complexity index is 841. The molecule has 1 aliphatic heterocycles. The summed E-state index contributed by atoms with van der Waals surface area (Å²) in [5, 5.41) is 3.31. The largest absolute Gasteiger partial charge is 0.492 e. The van der Waals surface area contributed by atoms with Gasteiger partial charge in [-0.25, -0.2) is 4.98 Å². The molecule has 0 saturated carbocycles. The molecule has 136 valence electrons. The molecule has 1 aromatic carbocycles. The highest BCUT2D eigenvalue weighted by molar-refractivity contribution is 6.30. The van der Waals surface area contributed by atoms with Crippen molar-refractivity contribution in [2.24, 2.45) is 5.92 Å². The van der Waals surface area contributed by atoms with E-state index in [2.05, 4.69) is 10.3 Å². The van der Waals surface area contributed by atoms with Crippen LogP contribution in [-0.2, 0) is 16.0 Å². The first-order valence-corrected chi connectivity index (χ1v) is 8.69. The van der Waals surface area contributed by atoms with Crippen molar-refractivity contribution in [2.75, 3.05) is 25.5 Å². The highest BCUT2D eigenvalue weighted by Crippen LogP contribution is 2.30. The zero-order valence-electron chi connectivity index (χ0n) is 14.7. The van der Waals surface area contributed by atoms with Gasteiger partial charge in [-0.15, -0.1) is 0 Å². The smallest absolute Gasteiger partial charge is 0.245 e. The predicted molar refractivity (Wildman–Crippen MR) is 99.4 cm³/mol. The zero-order chi connectivity index (χ0) is 18.7. The standard InChI is InChI=1S/C19H20ClN3O3/c1-12-5-6-21-17(7-12)22-18(24)10-23(2)19(25)14-8-13-9-15(20)3-4-16(13)26-11-14/h3-7,9,14H,8,10-11H2,1-2H3,(H,21,22,24). The van der Waals surface area contributed by atoms with E-state index in [0.29, 0.717) is 23.9 Å². The average molecular weight is 374 g/mol. The second-order valence-corrected chi connectivity index (χ2v) is 6.86. The maximum Gasteiger partial charge on any atom is 0.245 e. The number of amides is 2. The third kappa shape index (κ3) is 4.32. The second kappa shape index (κ2) is 7.74. The number of hydrogen-bond donors (Lipinski definition) is 1. The van der Waals surface area contributed by atoms with Crippen molar-refractivity contribution < 1.29 is 14.3 Å². The van der Waals surface area contributed by atoms with Gasteiger partial charge in [0.05, 0.1) is 12.5 Å². The molecule has 0 bridgehead atoms. The van der Waals surface area contributed by atoms with Crippen LogP contribution in [0.5, 0.6) is 5.75 Å². The van der Waals surface area contributed by atoms with Crippen LogP contribution < -0.4 is 10.1 Å². The Kier molecular flexibility index (Phi) is 5.42. The molecular weight excluding hydrogens is 354 g/mol. The Balaban J connectivity index is 1.58. The molecule has 1 atom stereocenters. The quantitative estimate of drug-likeness (QED) is 0.894. The van der Waals surface area contributed by atoms with Crippen molar-refractivity contribution in [3.8, 4) is 5.75 Å². The number of aromatic nitrogens is 1. The summed E-state index contributed by atoms with van der Waals surface area (Å²) >= 11 is 6.01. The summed E-state index contributed by atoms with van der Waals surface area (Å²) in [6.45, 7) is 2.16. The molecule has 2 amide bonds. The molecule has 1 aromatic heterocycles. The maximum atomic E-state index is 12.7. The first-order chi connectivity index (χ1) is 12.4. The van der Waals surface area contributed by atoms with Gasteiger partial charge in [0.1, 0.15) is 18.2 Å². The third-order valence-corrected chi connectivity index (χ3v) is 4.45. The van der Waals surface area contributed by atoms with E-state index in [9.17, 15) is 9.59 Å². The molecule has 3 rings (SSSR count). The van der Waals surface area contributed by atoms with Gasteiger partial charge in [-0.3, -0.25) is 9.59 Å². The minimum atomic E-state index is -0.337. The van der Waals surface area contributed by atoms with Crippen LogP contribution in [0.3, 0.4) is 0 Å². The summed E-state index contributed by atoms with van der Waals surface area (Å²) < 4.78 is 5.66. The molecule has 0 aliphatic carbocycles. The van der Waals surface area contributed by atoms with Gasteiger partial charge in [0.15, 0.2) is 0 Å². The topological polar surface area (TPSA) is 71.5 Å². The number of ether oxygens (including phenoxy) is 1. The van der Waals surface area contributed by atoms with E-state index in [1.165, 1.54) is 4.90 Å². The number of hydrogen-bond acceptors (Lipinski definition) is 4. The predicted octanol–water partition coefficient (Wildman–Crippen LogP) is 2.69. The Morgan fingerprint density at radius 2 is 2.15 bits per heavy atom. The van der Waals surface area contributed by atoms with Crippen LogP contribution in [-0.4, -0.2) is 41.9 Å². The highest BCUT2D eigenvalue weighted by atomic mass is 35.5. The molecule has 26 heavy (non-hydrogen) atoms. The van der Waals surface area contributed by atoms with Crippen LogP contribution in [0, 0.1) is 12.8 Å². The summed E-state index contributed by atoms with van der Waals surface area (Å²) in [4.78, 5) is 30.3. The highest BCUT2D eigenvalue weighted by Gasteiger charge is 2.29. The normalized spacial score (nSPS) is 15.6. The van der Waals surface area contributed by atoms with Gasteiger partial charge >= 0.3 is 0 Å². The molecule has 1 aliphatic rings. The SMILES string of the molecule is Cc1ccnc(NC(=O)CN(C)C(=O)C2COc3ccc(Cl)cc3C2)c1. The van der Waals surface area contributed by atoms with E-state index in [-0.39, 0.29) is 24.3 Å². The molecule has 1 unspecified atom stereocenters. The number of nitrogens with zero attached hydrogens (tertiary/aromatic N) is 2. The molecule has 6 nitrogen and oxygen atoms in total. The van der Waals surface area contributed by atoms with Crippen molar-refractivity contribution in [1.82, 2.24) is 9.88 Å². The Morgan fingerprint density at radius 3 is 2.92 bits per heavy atom. The Labute approximate surface area is 157 Å². The maximum absolute atomic E-state index is 12.7. The van der Waals surface area contributed by atoms with Crippen LogP contribution in [0.1, 0.15) is 11.1 Å². The van der Waals surface area contributed by atoms with E-state index in [1.54, 1.807) is 25.4 Å². The molecule has 7 heteroatoms. The van der Waals surface area contributed by atoms with Crippen LogP contribution in [0.2, 0.25) is 5.02 Å². The third-order valence-electron chi connectivity index (χ3n) is 4.22. The average Bonchev–Trinajstić information content (AvgIpc) is 2.60. The van der Waals surface area contributed by atoms with E-state index in [4.69, 9.17) is 16.3 Å². The molecule has 2 heterocycles. The lowest BCUT2D eigenvalue weighted by Gasteiger charge is -2.28. The first kappa shape index (κ1) is 18.2.